The molecule has 1 rings (SSSR count). The molecular weight excluding hydrogens is 190 g/mol. The van der Waals surface area contributed by atoms with Crippen molar-refractivity contribution in [2.75, 3.05) is 13.1 Å². The van der Waals surface area contributed by atoms with Gasteiger partial charge in [0.05, 0.1) is 0 Å². The number of carbonyl (C=O) groups is 1. The molecule has 1 amide bonds. The molecule has 1 atom stereocenters. The predicted octanol–water partition coefficient (Wildman–Crippen LogP) is 0.151. The highest BCUT2D eigenvalue weighted by Gasteiger charge is 2.13. The van der Waals surface area contributed by atoms with Crippen molar-refractivity contribution in [3.8, 4) is 0 Å². The Labute approximate surface area is 89.6 Å². The number of benzene rings is 1. The van der Waals surface area contributed by atoms with Gasteiger partial charge in [-0.3, -0.25) is 4.79 Å². The number of hydrogen-bond acceptors (Lipinski definition) is 3. The van der Waals surface area contributed by atoms with Gasteiger partial charge < -0.3 is 16.8 Å². The number of hydrogen-bond donors (Lipinski definition) is 3. The van der Waals surface area contributed by atoms with Gasteiger partial charge in [0, 0.05) is 6.54 Å². The van der Waals surface area contributed by atoms with Crippen LogP contribution in [0.25, 0.3) is 0 Å². The second-order valence-electron chi connectivity index (χ2n) is 3.32. The van der Waals surface area contributed by atoms with E-state index in [1.807, 2.05) is 30.3 Å². The molecule has 0 unspecified atom stereocenters. The monoisotopic (exact) mass is 207 g/mol. The molecule has 5 N–H and O–H groups in total. The standard InChI is InChI=1S/C11H17N3O/c12-7-4-8-14-11(15)10(13)9-5-2-1-3-6-9/h1-3,5-6,10H,4,7-8,12-13H2,(H,14,15)/t10-/m0/s1. The highest BCUT2D eigenvalue weighted by Crippen LogP contribution is 2.08. The fourth-order valence-corrected chi connectivity index (χ4v) is 1.24. The van der Waals surface area contributed by atoms with Gasteiger partial charge in [-0.2, -0.15) is 0 Å². The van der Waals surface area contributed by atoms with Crippen molar-refractivity contribution in [1.29, 1.82) is 0 Å². The van der Waals surface area contributed by atoms with E-state index in [1.54, 1.807) is 0 Å². The average Bonchev–Trinajstić information content (AvgIpc) is 2.29. The Balaban J connectivity index is 2.46. The Morgan fingerprint density at radius 3 is 2.60 bits per heavy atom. The molecule has 0 aromatic heterocycles. The van der Waals surface area contributed by atoms with E-state index in [4.69, 9.17) is 11.5 Å². The summed E-state index contributed by atoms with van der Waals surface area (Å²) in [6, 6.07) is 8.71. The van der Waals surface area contributed by atoms with Gasteiger partial charge in [0.1, 0.15) is 6.04 Å². The lowest BCUT2D eigenvalue weighted by Gasteiger charge is -2.11. The van der Waals surface area contributed by atoms with Gasteiger partial charge in [-0.05, 0) is 18.5 Å². The summed E-state index contributed by atoms with van der Waals surface area (Å²) in [6.45, 7) is 1.15. The molecule has 82 valence electrons. The third-order valence-corrected chi connectivity index (χ3v) is 2.12. The van der Waals surface area contributed by atoms with Crippen LogP contribution in [0.4, 0.5) is 0 Å². The highest BCUT2D eigenvalue weighted by atomic mass is 16.2. The molecule has 0 spiro atoms. The molecule has 0 heterocycles. The summed E-state index contributed by atoms with van der Waals surface area (Å²) in [6.07, 6.45) is 0.771. The molecule has 0 saturated carbocycles. The molecule has 4 nitrogen and oxygen atoms in total. The van der Waals surface area contributed by atoms with Crippen LogP contribution in [0.15, 0.2) is 30.3 Å². The lowest BCUT2D eigenvalue weighted by molar-refractivity contribution is -0.122. The van der Waals surface area contributed by atoms with Gasteiger partial charge in [-0.15, -0.1) is 0 Å². The molecule has 0 aliphatic rings. The first-order valence-corrected chi connectivity index (χ1v) is 5.04. The van der Waals surface area contributed by atoms with Gasteiger partial charge in [-0.25, -0.2) is 0 Å². The molecule has 0 bridgehead atoms. The quantitative estimate of drug-likeness (QED) is 0.601. The molecule has 1 aromatic rings. The van der Waals surface area contributed by atoms with Gasteiger partial charge in [0.15, 0.2) is 0 Å². The molecule has 0 fully saturated rings. The van der Waals surface area contributed by atoms with Crippen LogP contribution < -0.4 is 16.8 Å². The van der Waals surface area contributed by atoms with E-state index in [2.05, 4.69) is 5.32 Å². The van der Waals surface area contributed by atoms with E-state index in [9.17, 15) is 4.79 Å². The zero-order chi connectivity index (χ0) is 11.1. The lowest BCUT2D eigenvalue weighted by atomic mass is 10.1. The Kier molecular flexibility index (Phi) is 4.80. The minimum Gasteiger partial charge on any atom is -0.354 e. The maximum Gasteiger partial charge on any atom is 0.241 e. The molecule has 4 heteroatoms. The van der Waals surface area contributed by atoms with Crippen molar-refractivity contribution in [1.82, 2.24) is 5.32 Å². The predicted molar refractivity (Wildman–Crippen MR) is 60.1 cm³/mol. The van der Waals surface area contributed by atoms with Crippen LogP contribution in [0.2, 0.25) is 0 Å². The maximum absolute atomic E-state index is 11.5. The van der Waals surface area contributed by atoms with Gasteiger partial charge >= 0.3 is 0 Å². The van der Waals surface area contributed by atoms with Crippen molar-refractivity contribution in [2.45, 2.75) is 12.5 Å². The molecule has 0 radical (unpaired) electrons. The summed E-state index contributed by atoms with van der Waals surface area (Å²) < 4.78 is 0. The van der Waals surface area contributed by atoms with Crippen molar-refractivity contribution < 1.29 is 4.79 Å². The Morgan fingerprint density at radius 1 is 1.33 bits per heavy atom. The third kappa shape index (κ3) is 3.69. The minimum atomic E-state index is -0.594. The Morgan fingerprint density at radius 2 is 2.00 bits per heavy atom. The second kappa shape index (κ2) is 6.16. The van der Waals surface area contributed by atoms with Crippen LogP contribution in [0.3, 0.4) is 0 Å². The first-order chi connectivity index (χ1) is 7.25. The van der Waals surface area contributed by atoms with E-state index < -0.39 is 6.04 Å². The number of carbonyl (C=O) groups excluding carboxylic acids is 1. The smallest absolute Gasteiger partial charge is 0.241 e. The first-order valence-electron chi connectivity index (χ1n) is 5.04. The molecule has 0 aliphatic carbocycles. The summed E-state index contributed by atoms with van der Waals surface area (Å²) in [5.41, 5.74) is 11.9. The zero-order valence-corrected chi connectivity index (χ0v) is 8.65. The van der Waals surface area contributed by atoms with Gasteiger partial charge in [0.2, 0.25) is 5.91 Å². The van der Waals surface area contributed by atoms with E-state index >= 15 is 0 Å². The number of nitrogens with one attached hydrogen (secondary N) is 1. The lowest BCUT2D eigenvalue weighted by Crippen LogP contribution is -2.35. The molecule has 1 aromatic carbocycles. The van der Waals surface area contributed by atoms with Crippen molar-refractivity contribution in [3.05, 3.63) is 35.9 Å². The summed E-state index contributed by atoms with van der Waals surface area (Å²) in [5, 5.41) is 2.74. The number of nitrogens with two attached hydrogens (primary N) is 2. The summed E-state index contributed by atoms with van der Waals surface area (Å²) in [5.74, 6) is -0.158. The minimum absolute atomic E-state index is 0.158. The summed E-state index contributed by atoms with van der Waals surface area (Å²) in [4.78, 5) is 11.5. The number of rotatable bonds is 5. The van der Waals surface area contributed by atoms with Crippen LogP contribution >= 0.6 is 0 Å². The summed E-state index contributed by atoms with van der Waals surface area (Å²) in [7, 11) is 0. The van der Waals surface area contributed by atoms with E-state index in [1.165, 1.54) is 0 Å². The number of amides is 1. The van der Waals surface area contributed by atoms with Crippen LogP contribution in [-0.4, -0.2) is 19.0 Å². The molecular formula is C11H17N3O. The van der Waals surface area contributed by atoms with Crippen molar-refractivity contribution >= 4 is 5.91 Å². The van der Waals surface area contributed by atoms with Gasteiger partial charge in [0.25, 0.3) is 0 Å². The fraction of sp³-hybridized carbons (Fsp3) is 0.364. The van der Waals surface area contributed by atoms with E-state index in [0.29, 0.717) is 13.1 Å². The second-order valence-corrected chi connectivity index (χ2v) is 3.32. The normalized spacial score (nSPS) is 12.1. The zero-order valence-electron chi connectivity index (χ0n) is 8.65. The fourth-order valence-electron chi connectivity index (χ4n) is 1.24. The Hall–Kier alpha value is -1.39. The largest absolute Gasteiger partial charge is 0.354 e. The van der Waals surface area contributed by atoms with Crippen LogP contribution in [0.5, 0.6) is 0 Å². The van der Waals surface area contributed by atoms with Crippen molar-refractivity contribution in [2.24, 2.45) is 11.5 Å². The van der Waals surface area contributed by atoms with Gasteiger partial charge in [-0.1, -0.05) is 30.3 Å². The van der Waals surface area contributed by atoms with Crippen LogP contribution in [0, 0.1) is 0 Å². The Bertz CT molecular complexity index is 300. The van der Waals surface area contributed by atoms with E-state index in [0.717, 1.165) is 12.0 Å². The molecule has 0 aliphatic heterocycles. The average molecular weight is 207 g/mol. The molecule has 15 heavy (non-hydrogen) atoms. The maximum atomic E-state index is 11.5. The van der Waals surface area contributed by atoms with Crippen LogP contribution in [-0.2, 0) is 4.79 Å². The van der Waals surface area contributed by atoms with Crippen molar-refractivity contribution in [3.63, 3.8) is 0 Å². The SMILES string of the molecule is NCCCNC(=O)[C@@H](N)c1ccccc1. The summed E-state index contributed by atoms with van der Waals surface area (Å²) >= 11 is 0. The van der Waals surface area contributed by atoms with E-state index in [-0.39, 0.29) is 5.91 Å². The topological polar surface area (TPSA) is 81.1 Å². The first kappa shape index (κ1) is 11.7. The van der Waals surface area contributed by atoms with Crippen LogP contribution in [0.1, 0.15) is 18.0 Å². The highest BCUT2D eigenvalue weighted by molar-refractivity contribution is 5.82. The third-order valence-electron chi connectivity index (χ3n) is 2.12. The molecule has 0 saturated heterocycles.